The van der Waals surface area contributed by atoms with Crippen LogP contribution in [0, 0.1) is 6.04 Å². The molecule has 2 heteroatoms. The van der Waals surface area contributed by atoms with Gasteiger partial charge in [0.25, 0.3) is 0 Å². The molecule has 1 fully saturated rings. The van der Waals surface area contributed by atoms with Crippen LogP contribution in [0.3, 0.4) is 0 Å². The zero-order valence-electron chi connectivity index (χ0n) is 8.11. The quantitative estimate of drug-likeness (QED) is 0.409. The second-order valence-corrected chi connectivity index (χ2v) is 3.46. The van der Waals surface area contributed by atoms with Crippen LogP contribution in [0.25, 0.3) is 0 Å². The first kappa shape index (κ1) is 11.6. The summed E-state index contributed by atoms with van der Waals surface area (Å²) in [7, 11) is 0. The van der Waals surface area contributed by atoms with E-state index in [1.165, 1.54) is 32.1 Å². The molecule has 0 aromatic carbocycles. The third-order valence-corrected chi connectivity index (χ3v) is 1.95. The summed E-state index contributed by atoms with van der Waals surface area (Å²) in [6, 6.07) is 2.22. The van der Waals surface area contributed by atoms with Crippen LogP contribution in [0.2, 0.25) is 0 Å². The SMILES string of the molecule is CC(C)N[C-]1CCCCC1.[Li+]. The van der Waals surface area contributed by atoms with Gasteiger partial charge in [0.1, 0.15) is 0 Å². The van der Waals surface area contributed by atoms with Crippen LogP contribution in [0.1, 0.15) is 46.0 Å². The van der Waals surface area contributed by atoms with Crippen LogP contribution < -0.4 is 24.2 Å². The first-order valence-corrected chi connectivity index (χ1v) is 4.40. The fourth-order valence-electron chi connectivity index (χ4n) is 1.53. The zero-order valence-corrected chi connectivity index (χ0v) is 8.11. The van der Waals surface area contributed by atoms with Crippen molar-refractivity contribution >= 4 is 0 Å². The molecule has 0 aromatic rings. The molecule has 0 unspecified atom stereocenters. The number of rotatable bonds is 2. The van der Waals surface area contributed by atoms with Crippen LogP contribution in [-0.4, -0.2) is 6.04 Å². The van der Waals surface area contributed by atoms with E-state index in [4.69, 9.17) is 0 Å². The molecule has 1 nitrogen and oxygen atoms in total. The number of hydrogen-bond acceptors (Lipinski definition) is 1. The summed E-state index contributed by atoms with van der Waals surface area (Å²) in [5, 5.41) is 3.50. The van der Waals surface area contributed by atoms with Gasteiger partial charge in [-0.3, -0.25) is 6.04 Å². The van der Waals surface area contributed by atoms with E-state index in [0.29, 0.717) is 6.04 Å². The Labute approximate surface area is 82.5 Å². The predicted molar refractivity (Wildman–Crippen MR) is 44.6 cm³/mol. The van der Waals surface area contributed by atoms with Crippen LogP contribution >= 0.6 is 0 Å². The molecule has 60 valence electrons. The minimum atomic E-state index is 0. The van der Waals surface area contributed by atoms with Gasteiger partial charge in [-0.15, -0.1) is 0 Å². The molecule has 1 aliphatic carbocycles. The minimum absolute atomic E-state index is 0. The van der Waals surface area contributed by atoms with Gasteiger partial charge >= 0.3 is 18.9 Å². The van der Waals surface area contributed by atoms with Gasteiger partial charge in [-0.05, 0) is 6.04 Å². The molecule has 0 bridgehead atoms. The Morgan fingerprint density at radius 2 is 1.64 bits per heavy atom. The van der Waals surface area contributed by atoms with E-state index in [2.05, 4.69) is 19.2 Å². The van der Waals surface area contributed by atoms with Gasteiger partial charge < -0.3 is 5.32 Å². The van der Waals surface area contributed by atoms with Crippen molar-refractivity contribution in [2.75, 3.05) is 0 Å². The minimum Gasteiger partial charge on any atom is -0.465 e. The first-order valence-electron chi connectivity index (χ1n) is 4.40. The molecule has 0 heterocycles. The normalized spacial score (nSPS) is 19.9. The Kier molecular flexibility index (Phi) is 6.43. The van der Waals surface area contributed by atoms with Gasteiger partial charge in [0.05, 0.1) is 0 Å². The number of nitrogens with one attached hydrogen (secondary N) is 1. The van der Waals surface area contributed by atoms with Crippen molar-refractivity contribution in [1.29, 1.82) is 0 Å². The molecule has 1 N–H and O–H groups in total. The van der Waals surface area contributed by atoms with E-state index in [0.717, 1.165) is 0 Å². The standard InChI is InChI=1S/C9H18N.Li/c1-8(2)10-9-6-4-3-5-7-9;/h8,10H,3-7H2,1-2H3;/q-1;+1. The van der Waals surface area contributed by atoms with Crippen LogP contribution in [0.4, 0.5) is 0 Å². The molecule has 0 spiro atoms. The molecule has 11 heavy (non-hydrogen) atoms. The molecule has 0 saturated heterocycles. The van der Waals surface area contributed by atoms with E-state index < -0.39 is 0 Å². The average Bonchev–Trinajstić information content (AvgIpc) is 1.88. The van der Waals surface area contributed by atoms with Crippen LogP contribution in [0.5, 0.6) is 0 Å². The van der Waals surface area contributed by atoms with Crippen molar-refractivity contribution in [2.24, 2.45) is 0 Å². The molecular weight excluding hydrogens is 129 g/mol. The average molecular weight is 147 g/mol. The topological polar surface area (TPSA) is 12.0 Å². The Balaban J connectivity index is 0.000001000. The molecule has 1 aliphatic rings. The van der Waals surface area contributed by atoms with Crippen molar-refractivity contribution in [3.8, 4) is 0 Å². The fraction of sp³-hybridized carbons (Fsp3) is 0.889. The van der Waals surface area contributed by atoms with Crippen LogP contribution in [0.15, 0.2) is 0 Å². The molecule has 0 radical (unpaired) electrons. The maximum absolute atomic E-state index is 3.50. The van der Waals surface area contributed by atoms with E-state index >= 15 is 0 Å². The van der Waals surface area contributed by atoms with Gasteiger partial charge in [-0.1, -0.05) is 33.1 Å². The molecule has 1 rings (SSSR count). The summed E-state index contributed by atoms with van der Waals surface area (Å²) in [5.41, 5.74) is 0. The summed E-state index contributed by atoms with van der Waals surface area (Å²) in [4.78, 5) is 0. The smallest absolute Gasteiger partial charge is 0.465 e. The van der Waals surface area contributed by atoms with Crippen molar-refractivity contribution < 1.29 is 18.9 Å². The van der Waals surface area contributed by atoms with Crippen molar-refractivity contribution in [2.45, 2.75) is 52.0 Å². The fourth-order valence-corrected chi connectivity index (χ4v) is 1.53. The van der Waals surface area contributed by atoms with E-state index in [9.17, 15) is 0 Å². The largest absolute Gasteiger partial charge is 1.00 e. The molecule has 0 aliphatic heterocycles. The van der Waals surface area contributed by atoms with E-state index in [1.807, 2.05) is 0 Å². The van der Waals surface area contributed by atoms with Crippen molar-refractivity contribution in [1.82, 2.24) is 5.32 Å². The maximum atomic E-state index is 3.50. The van der Waals surface area contributed by atoms with Gasteiger partial charge in [0.2, 0.25) is 0 Å². The monoisotopic (exact) mass is 147 g/mol. The second kappa shape index (κ2) is 6.12. The predicted octanol–water partition coefficient (Wildman–Crippen LogP) is -0.516. The van der Waals surface area contributed by atoms with Gasteiger partial charge in [-0.2, -0.15) is 12.8 Å². The summed E-state index contributed by atoms with van der Waals surface area (Å²) in [5.74, 6) is 0. The van der Waals surface area contributed by atoms with Crippen LogP contribution in [-0.2, 0) is 0 Å². The van der Waals surface area contributed by atoms with Gasteiger partial charge in [0, 0.05) is 0 Å². The summed E-state index contributed by atoms with van der Waals surface area (Å²) in [6.45, 7) is 4.42. The Hall–Kier alpha value is 0.557. The van der Waals surface area contributed by atoms with E-state index in [1.54, 1.807) is 6.04 Å². The molecule has 0 aromatic heterocycles. The zero-order chi connectivity index (χ0) is 7.40. The Bertz CT molecular complexity index is 87.6. The first-order chi connectivity index (χ1) is 4.79. The van der Waals surface area contributed by atoms with Crippen molar-refractivity contribution in [3.05, 3.63) is 6.04 Å². The van der Waals surface area contributed by atoms with E-state index in [-0.39, 0.29) is 18.9 Å². The summed E-state index contributed by atoms with van der Waals surface area (Å²) < 4.78 is 0. The second-order valence-electron chi connectivity index (χ2n) is 3.46. The van der Waals surface area contributed by atoms with Gasteiger partial charge in [0.15, 0.2) is 0 Å². The summed E-state index contributed by atoms with van der Waals surface area (Å²) in [6.07, 6.45) is 6.86. The molecule has 1 saturated carbocycles. The Morgan fingerprint density at radius 3 is 2.09 bits per heavy atom. The molecule has 0 amide bonds. The third kappa shape index (κ3) is 4.90. The molecule has 0 atom stereocenters. The number of hydrogen-bond donors (Lipinski definition) is 1. The maximum Gasteiger partial charge on any atom is 1.00 e. The van der Waals surface area contributed by atoms with Crippen molar-refractivity contribution in [3.63, 3.8) is 0 Å². The summed E-state index contributed by atoms with van der Waals surface area (Å²) >= 11 is 0. The van der Waals surface area contributed by atoms with Gasteiger partial charge in [-0.25, -0.2) is 0 Å². The third-order valence-electron chi connectivity index (χ3n) is 1.95. The molecular formula is C9H18LiN. The Morgan fingerprint density at radius 1 is 1.09 bits per heavy atom.